The van der Waals surface area contributed by atoms with Crippen molar-refractivity contribution < 1.29 is 17.9 Å². The van der Waals surface area contributed by atoms with Crippen molar-refractivity contribution in [2.75, 3.05) is 18.6 Å². The van der Waals surface area contributed by atoms with Crippen LogP contribution in [0.5, 0.6) is 0 Å². The van der Waals surface area contributed by atoms with Crippen LogP contribution in [0.15, 0.2) is 83.8 Å². The average Bonchev–Trinajstić information content (AvgIpc) is 3.25. The number of fused-ring (bicyclic) bond motifs is 1. The summed E-state index contributed by atoms with van der Waals surface area (Å²) in [4.78, 5) is 13.2. The lowest BCUT2D eigenvalue weighted by molar-refractivity contribution is 0.0594. The largest absolute Gasteiger partial charge is 0.464 e. The van der Waals surface area contributed by atoms with Crippen LogP contribution in [-0.2, 0) is 14.8 Å². The Morgan fingerprint density at radius 1 is 0.912 bits per heavy atom. The molecule has 174 valence electrons. The van der Waals surface area contributed by atoms with Gasteiger partial charge in [0.05, 0.1) is 22.1 Å². The number of nitrogens with zero attached hydrogens (tertiary/aromatic N) is 1. The number of hydrogen-bond acceptors (Lipinski definition) is 6. The lowest BCUT2D eigenvalue weighted by Gasteiger charge is -2.21. The molecule has 3 aromatic carbocycles. The standard InChI is InChI=1S/C26H23NO4S3/c1-31-25(28)24-23(18-12-14-19(15-13-18)26-32-16-7-17-33-26)21-10-5-6-11-22(21)27(24)34(29,30)20-8-3-2-4-9-20/h2-6,8-15,26H,7,16-17H2,1H3. The predicted molar refractivity (Wildman–Crippen MR) is 140 cm³/mol. The van der Waals surface area contributed by atoms with Crippen molar-refractivity contribution in [3.63, 3.8) is 0 Å². The van der Waals surface area contributed by atoms with Crippen LogP contribution in [0.1, 0.15) is 27.1 Å². The summed E-state index contributed by atoms with van der Waals surface area (Å²) in [6, 6.07) is 23.4. The van der Waals surface area contributed by atoms with Crippen LogP contribution in [-0.4, -0.2) is 37.0 Å². The van der Waals surface area contributed by atoms with Crippen LogP contribution in [0.3, 0.4) is 0 Å². The molecule has 0 atom stereocenters. The number of para-hydroxylation sites is 1. The van der Waals surface area contributed by atoms with Gasteiger partial charge < -0.3 is 4.74 Å². The number of thioether (sulfide) groups is 2. The van der Waals surface area contributed by atoms with Crippen molar-refractivity contribution in [1.82, 2.24) is 3.97 Å². The molecular weight excluding hydrogens is 486 g/mol. The van der Waals surface area contributed by atoms with E-state index in [0.717, 1.165) is 21.0 Å². The second kappa shape index (κ2) is 9.52. The van der Waals surface area contributed by atoms with Crippen LogP contribution in [0, 0.1) is 0 Å². The van der Waals surface area contributed by atoms with E-state index in [1.165, 1.54) is 31.2 Å². The van der Waals surface area contributed by atoms with E-state index in [0.29, 0.717) is 21.0 Å². The first-order valence-corrected chi connectivity index (χ1v) is 14.4. The van der Waals surface area contributed by atoms with E-state index in [9.17, 15) is 13.2 Å². The third-order valence-electron chi connectivity index (χ3n) is 5.79. The van der Waals surface area contributed by atoms with Crippen LogP contribution in [0.25, 0.3) is 22.0 Å². The summed E-state index contributed by atoms with van der Waals surface area (Å²) < 4.78 is 34.1. The van der Waals surface area contributed by atoms with Gasteiger partial charge in [0, 0.05) is 10.9 Å². The fourth-order valence-electron chi connectivity index (χ4n) is 4.22. The minimum absolute atomic E-state index is 0.00159. The number of ether oxygens (including phenoxy) is 1. The second-order valence-electron chi connectivity index (χ2n) is 7.86. The zero-order valence-electron chi connectivity index (χ0n) is 18.5. The Balaban J connectivity index is 1.74. The van der Waals surface area contributed by atoms with Gasteiger partial charge >= 0.3 is 5.97 Å². The van der Waals surface area contributed by atoms with E-state index in [-0.39, 0.29) is 10.6 Å². The number of benzene rings is 3. The Hall–Kier alpha value is -2.68. The Morgan fingerprint density at radius 2 is 1.56 bits per heavy atom. The molecule has 0 radical (unpaired) electrons. The van der Waals surface area contributed by atoms with Gasteiger partial charge in [-0.05, 0) is 47.3 Å². The summed E-state index contributed by atoms with van der Waals surface area (Å²) in [5, 5.41) is 0.677. The number of carbonyl (C=O) groups excluding carboxylic acids is 1. The Bertz CT molecular complexity index is 1440. The molecule has 0 spiro atoms. The number of methoxy groups -OCH3 is 1. The molecule has 0 saturated carbocycles. The topological polar surface area (TPSA) is 65.4 Å². The predicted octanol–water partition coefficient (Wildman–Crippen LogP) is 6.20. The van der Waals surface area contributed by atoms with Crippen LogP contribution in [0.4, 0.5) is 0 Å². The lowest BCUT2D eigenvalue weighted by Crippen LogP contribution is -2.19. The maximum Gasteiger partial charge on any atom is 0.356 e. The highest BCUT2D eigenvalue weighted by atomic mass is 32.2. The zero-order valence-corrected chi connectivity index (χ0v) is 21.0. The molecule has 0 bridgehead atoms. The molecule has 8 heteroatoms. The van der Waals surface area contributed by atoms with E-state index in [1.54, 1.807) is 30.3 Å². The molecule has 1 saturated heterocycles. The Kier molecular flexibility index (Phi) is 6.46. The summed E-state index contributed by atoms with van der Waals surface area (Å²) in [6.45, 7) is 0. The summed E-state index contributed by atoms with van der Waals surface area (Å²) in [7, 11) is -2.79. The third-order valence-corrected chi connectivity index (χ3v) is 10.5. The normalized spacial score (nSPS) is 14.9. The number of hydrogen-bond donors (Lipinski definition) is 0. The fraction of sp³-hybridized carbons (Fsp3) is 0.192. The van der Waals surface area contributed by atoms with Gasteiger partial charge in [0.2, 0.25) is 0 Å². The SMILES string of the molecule is COC(=O)c1c(-c2ccc(C3SCCCS3)cc2)c2ccccc2n1S(=O)(=O)c1ccccc1. The van der Waals surface area contributed by atoms with Crippen molar-refractivity contribution in [2.24, 2.45) is 0 Å². The maximum atomic E-state index is 13.7. The first-order valence-electron chi connectivity index (χ1n) is 10.9. The molecule has 4 aromatic rings. The van der Waals surface area contributed by atoms with E-state index in [2.05, 4.69) is 12.1 Å². The van der Waals surface area contributed by atoms with Crippen molar-refractivity contribution in [1.29, 1.82) is 0 Å². The van der Waals surface area contributed by atoms with Gasteiger partial charge in [-0.3, -0.25) is 0 Å². The summed E-state index contributed by atoms with van der Waals surface area (Å²) in [5.74, 6) is 1.60. The highest BCUT2D eigenvalue weighted by Gasteiger charge is 2.31. The summed E-state index contributed by atoms with van der Waals surface area (Å²) in [6.07, 6.45) is 1.22. The van der Waals surface area contributed by atoms with Gasteiger partial charge in [-0.2, -0.15) is 0 Å². The van der Waals surface area contributed by atoms with Crippen molar-refractivity contribution in [2.45, 2.75) is 15.9 Å². The van der Waals surface area contributed by atoms with Gasteiger partial charge in [-0.1, -0.05) is 60.7 Å². The van der Waals surface area contributed by atoms with E-state index in [4.69, 9.17) is 4.74 Å². The van der Waals surface area contributed by atoms with E-state index in [1.807, 2.05) is 47.8 Å². The van der Waals surface area contributed by atoms with E-state index < -0.39 is 16.0 Å². The molecule has 5 rings (SSSR count). The second-order valence-corrected chi connectivity index (χ2v) is 12.4. The molecular formula is C26H23NO4S3. The van der Waals surface area contributed by atoms with Gasteiger partial charge in [0.25, 0.3) is 10.0 Å². The third kappa shape index (κ3) is 4.04. The first-order chi connectivity index (χ1) is 16.5. The fourth-order valence-corrected chi connectivity index (χ4v) is 8.65. The van der Waals surface area contributed by atoms with E-state index >= 15 is 0 Å². The zero-order chi connectivity index (χ0) is 23.7. The molecule has 5 nitrogen and oxygen atoms in total. The molecule has 1 fully saturated rings. The molecule has 0 aliphatic carbocycles. The van der Waals surface area contributed by atoms with Crippen LogP contribution < -0.4 is 0 Å². The molecule has 0 N–H and O–H groups in total. The van der Waals surface area contributed by atoms with Crippen molar-refractivity contribution in [3.8, 4) is 11.1 Å². The summed E-state index contributed by atoms with van der Waals surface area (Å²) in [5.41, 5.74) is 2.98. The highest BCUT2D eigenvalue weighted by molar-refractivity contribution is 8.16. The van der Waals surface area contributed by atoms with Crippen LogP contribution in [0.2, 0.25) is 0 Å². The number of esters is 1. The van der Waals surface area contributed by atoms with Gasteiger partial charge in [0.15, 0.2) is 5.69 Å². The quantitative estimate of drug-likeness (QED) is 0.299. The highest BCUT2D eigenvalue weighted by Crippen LogP contribution is 2.44. The number of aromatic nitrogens is 1. The molecule has 34 heavy (non-hydrogen) atoms. The van der Waals surface area contributed by atoms with Crippen LogP contribution >= 0.6 is 23.5 Å². The van der Waals surface area contributed by atoms with Gasteiger partial charge in [-0.25, -0.2) is 17.2 Å². The Labute approximate surface area is 207 Å². The summed E-state index contributed by atoms with van der Waals surface area (Å²) >= 11 is 3.89. The smallest absolute Gasteiger partial charge is 0.356 e. The number of rotatable bonds is 5. The van der Waals surface area contributed by atoms with Gasteiger partial charge in [-0.15, -0.1) is 23.5 Å². The molecule has 1 aliphatic heterocycles. The molecule has 0 unspecified atom stereocenters. The first kappa shape index (κ1) is 23.1. The van der Waals surface area contributed by atoms with Crippen molar-refractivity contribution >= 4 is 50.4 Å². The molecule has 0 amide bonds. The lowest BCUT2D eigenvalue weighted by atomic mass is 10.0. The minimum Gasteiger partial charge on any atom is -0.464 e. The maximum absolute atomic E-state index is 13.7. The number of carbonyl (C=O) groups is 1. The molecule has 1 aliphatic rings. The average molecular weight is 510 g/mol. The molecule has 2 heterocycles. The minimum atomic E-state index is -4.05. The monoisotopic (exact) mass is 509 g/mol. The molecule has 1 aromatic heterocycles. The van der Waals surface area contributed by atoms with Gasteiger partial charge in [0.1, 0.15) is 0 Å². The Morgan fingerprint density at radius 3 is 2.24 bits per heavy atom. The van der Waals surface area contributed by atoms with Crippen molar-refractivity contribution in [3.05, 3.63) is 90.1 Å².